The van der Waals surface area contributed by atoms with E-state index < -0.39 is 69.6 Å². The molecule has 4 aliphatic rings. The zero-order valence-electron chi connectivity index (χ0n) is 23.7. The molecule has 2 saturated heterocycles. The lowest BCUT2D eigenvalue weighted by Gasteiger charge is -2.71. The van der Waals surface area contributed by atoms with Crippen LogP contribution in [-0.4, -0.2) is 87.6 Å². The summed E-state index contributed by atoms with van der Waals surface area (Å²) in [6.07, 6.45) is 2.00. The molecule has 0 aromatic carbocycles. The highest BCUT2D eigenvalue weighted by Crippen LogP contribution is 2.67. The Morgan fingerprint density at radius 1 is 1.13 bits per heavy atom. The van der Waals surface area contributed by atoms with E-state index in [-0.39, 0.29) is 13.0 Å². The Morgan fingerprint density at radius 2 is 1.76 bits per heavy atom. The number of carbonyl (C=O) groups excluding carboxylic acids is 3. The second-order valence-corrected chi connectivity index (χ2v) is 13.2. The van der Waals surface area contributed by atoms with E-state index in [0.29, 0.717) is 12.8 Å². The quantitative estimate of drug-likeness (QED) is 0.404. The van der Waals surface area contributed by atoms with Crippen LogP contribution in [0.5, 0.6) is 0 Å². The van der Waals surface area contributed by atoms with Crippen molar-refractivity contribution in [3.63, 3.8) is 0 Å². The molecule has 2 saturated carbocycles. The van der Waals surface area contributed by atoms with Crippen LogP contribution < -0.4 is 0 Å². The Bertz CT molecular complexity index is 991. The van der Waals surface area contributed by atoms with Crippen molar-refractivity contribution < 1.29 is 38.8 Å². The van der Waals surface area contributed by atoms with Crippen LogP contribution in [0.3, 0.4) is 0 Å². The third-order valence-corrected chi connectivity index (χ3v) is 10.1. The van der Waals surface area contributed by atoms with Gasteiger partial charge in [0.1, 0.15) is 11.7 Å². The minimum absolute atomic E-state index is 0.133. The summed E-state index contributed by atoms with van der Waals surface area (Å²) in [4.78, 5) is 41.7. The Kier molecular flexibility index (Phi) is 7.43. The molecule has 0 spiro atoms. The summed E-state index contributed by atoms with van der Waals surface area (Å²) in [7, 11) is 0. The number of fused-ring (bicyclic) bond motifs is 3. The van der Waals surface area contributed by atoms with Crippen molar-refractivity contribution in [2.45, 2.75) is 115 Å². The standard InChI is InChI=1S/C29H45NO8/c1-8-26(5)16-19(32)29(35)27(6)20(37-21(33)17-30-14-10-9-11-15-30)12-13-25(3,4)23(27)22(34)24(36-18(2)31)28(29,7)38-26/h8,20,22-24,34-35H,1,9-17H2,2-7H3/t20-,22-,23-,24-,26-,27-,28+,29-/m0/s1. The molecule has 2 aliphatic heterocycles. The number of nitrogens with zero attached hydrogens (tertiary/aromatic N) is 1. The van der Waals surface area contributed by atoms with Crippen LogP contribution in [0, 0.1) is 16.7 Å². The lowest BCUT2D eigenvalue weighted by molar-refractivity contribution is -0.370. The zero-order chi connectivity index (χ0) is 28.3. The highest BCUT2D eigenvalue weighted by Gasteiger charge is 2.82. The van der Waals surface area contributed by atoms with Gasteiger partial charge < -0.3 is 24.4 Å². The van der Waals surface area contributed by atoms with Crippen LogP contribution in [0.4, 0.5) is 0 Å². The number of rotatable bonds is 5. The van der Waals surface area contributed by atoms with Crippen molar-refractivity contribution in [3.05, 3.63) is 12.7 Å². The van der Waals surface area contributed by atoms with Crippen molar-refractivity contribution in [3.8, 4) is 0 Å². The van der Waals surface area contributed by atoms with Gasteiger partial charge in [-0.25, -0.2) is 0 Å². The highest BCUT2D eigenvalue weighted by molar-refractivity contribution is 5.92. The van der Waals surface area contributed by atoms with Crippen molar-refractivity contribution in [2.24, 2.45) is 16.7 Å². The molecule has 0 aromatic heterocycles. The van der Waals surface area contributed by atoms with E-state index >= 15 is 0 Å². The fourth-order valence-electron chi connectivity index (χ4n) is 8.32. The molecular weight excluding hydrogens is 490 g/mol. The van der Waals surface area contributed by atoms with Crippen LogP contribution in [0.25, 0.3) is 0 Å². The molecule has 0 radical (unpaired) electrons. The van der Waals surface area contributed by atoms with Crippen molar-refractivity contribution in [2.75, 3.05) is 19.6 Å². The van der Waals surface area contributed by atoms with Gasteiger partial charge in [-0.3, -0.25) is 19.3 Å². The van der Waals surface area contributed by atoms with E-state index in [4.69, 9.17) is 14.2 Å². The molecule has 0 unspecified atom stereocenters. The summed E-state index contributed by atoms with van der Waals surface area (Å²) < 4.78 is 18.2. The first-order valence-corrected chi connectivity index (χ1v) is 13.9. The number of ether oxygens (including phenoxy) is 3. The Labute approximate surface area is 225 Å². The van der Waals surface area contributed by atoms with Crippen molar-refractivity contribution >= 4 is 17.7 Å². The minimum atomic E-state index is -2.24. The topological polar surface area (TPSA) is 123 Å². The lowest BCUT2D eigenvalue weighted by Crippen LogP contribution is -2.87. The summed E-state index contributed by atoms with van der Waals surface area (Å²) in [5, 5.41) is 24.6. The summed E-state index contributed by atoms with van der Waals surface area (Å²) in [6, 6.07) is 0. The molecule has 38 heavy (non-hydrogen) atoms. The number of aliphatic hydroxyl groups excluding tert-OH is 1. The number of hydrogen-bond donors (Lipinski definition) is 2. The SMILES string of the molecule is C=C[C@@]1(C)CC(=O)[C@]2(O)[C@@]3(C)[C@@H](OC(=O)CN4CCCCC4)CCC(C)(C)[C@@H]3[C@H](O)[C@H](OC(C)=O)[C@@]2(C)O1. The van der Waals surface area contributed by atoms with E-state index in [0.717, 1.165) is 32.4 Å². The smallest absolute Gasteiger partial charge is 0.320 e. The first-order chi connectivity index (χ1) is 17.6. The molecule has 4 fully saturated rings. The van der Waals surface area contributed by atoms with E-state index in [9.17, 15) is 24.6 Å². The van der Waals surface area contributed by atoms with Gasteiger partial charge in [-0.1, -0.05) is 33.3 Å². The van der Waals surface area contributed by atoms with Gasteiger partial charge in [0.25, 0.3) is 0 Å². The molecule has 0 aromatic rings. The molecule has 9 nitrogen and oxygen atoms in total. The van der Waals surface area contributed by atoms with Gasteiger partial charge in [-0.15, -0.1) is 6.58 Å². The van der Waals surface area contributed by atoms with Gasteiger partial charge in [0.2, 0.25) is 0 Å². The summed E-state index contributed by atoms with van der Waals surface area (Å²) >= 11 is 0. The van der Waals surface area contributed by atoms with Gasteiger partial charge in [-0.2, -0.15) is 0 Å². The normalized spacial score (nSPS) is 44.9. The maximum Gasteiger partial charge on any atom is 0.320 e. The summed E-state index contributed by atoms with van der Waals surface area (Å²) in [5.41, 5.74) is -7.26. The predicted molar refractivity (Wildman–Crippen MR) is 139 cm³/mol. The largest absolute Gasteiger partial charge is 0.461 e. The number of likely N-dealkylation sites (tertiary alicyclic amines) is 1. The third-order valence-electron chi connectivity index (χ3n) is 10.1. The van der Waals surface area contributed by atoms with Gasteiger partial charge in [0.15, 0.2) is 17.5 Å². The van der Waals surface area contributed by atoms with Crippen molar-refractivity contribution in [1.29, 1.82) is 0 Å². The minimum Gasteiger partial charge on any atom is -0.461 e. The second-order valence-electron chi connectivity index (χ2n) is 13.2. The number of carbonyl (C=O) groups is 3. The number of hydrogen-bond acceptors (Lipinski definition) is 9. The Morgan fingerprint density at radius 3 is 2.34 bits per heavy atom. The molecule has 0 amide bonds. The van der Waals surface area contributed by atoms with Gasteiger partial charge in [-0.05, 0) is 58.0 Å². The van der Waals surface area contributed by atoms with Gasteiger partial charge >= 0.3 is 11.9 Å². The molecule has 8 atom stereocenters. The zero-order valence-corrected chi connectivity index (χ0v) is 23.7. The second kappa shape index (κ2) is 9.68. The predicted octanol–water partition coefficient (Wildman–Crippen LogP) is 2.56. The monoisotopic (exact) mass is 535 g/mol. The molecule has 2 aliphatic carbocycles. The summed E-state index contributed by atoms with van der Waals surface area (Å²) in [6.45, 7) is 15.7. The Hall–Kier alpha value is -1.81. The molecule has 9 heteroatoms. The van der Waals surface area contributed by atoms with Crippen LogP contribution >= 0.6 is 0 Å². The number of ketones is 1. The van der Waals surface area contributed by atoms with Gasteiger partial charge in [0, 0.05) is 24.7 Å². The number of Topliss-reactive ketones (excluding diaryl/α,β-unsaturated/α-hetero) is 1. The fourth-order valence-corrected chi connectivity index (χ4v) is 8.32. The lowest BCUT2D eigenvalue weighted by atomic mass is 9.39. The first kappa shape index (κ1) is 29.2. The van der Waals surface area contributed by atoms with E-state index in [1.807, 2.05) is 13.8 Å². The van der Waals surface area contributed by atoms with Crippen LogP contribution in [0.1, 0.15) is 80.1 Å². The Balaban J connectivity index is 1.83. The highest BCUT2D eigenvalue weighted by atomic mass is 16.6. The first-order valence-electron chi connectivity index (χ1n) is 13.9. The average molecular weight is 536 g/mol. The number of aliphatic hydroxyl groups is 2. The van der Waals surface area contributed by atoms with E-state index in [2.05, 4.69) is 11.5 Å². The number of esters is 2. The van der Waals surface area contributed by atoms with Gasteiger partial charge in [0.05, 0.1) is 18.2 Å². The van der Waals surface area contributed by atoms with Crippen LogP contribution in [0.15, 0.2) is 12.7 Å². The van der Waals surface area contributed by atoms with Crippen LogP contribution in [0.2, 0.25) is 0 Å². The van der Waals surface area contributed by atoms with E-state index in [1.54, 1.807) is 13.8 Å². The van der Waals surface area contributed by atoms with E-state index in [1.165, 1.54) is 19.9 Å². The average Bonchev–Trinajstić information content (AvgIpc) is 2.82. The molecule has 4 rings (SSSR count). The number of piperidine rings is 1. The molecule has 214 valence electrons. The fraction of sp³-hybridized carbons (Fsp3) is 0.828. The summed E-state index contributed by atoms with van der Waals surface area (Å²) in [5.74, 6) is -2.35. The third kappa shape index (κ3) is 4.25. The van der Waals surface area contributed by atoms with Crippen LogP contribution in [-0.2, 0) is 28.6 Å². The maximum atomic E-state index is 14.1. The van der Waals surface area contributed by atoms with Crippen molar-refractivity contribution in [1.82, 2.24) is 4.90 Å². The molecule has 0 bridgehead atoms. The maximum absolute atomic E-state index is 14.1. The molecule has 2 N–H and O–H groups in total. The molecule has 2 heterocycles. The molecular formula is C29H45NO8.